The van der Waals surface area contributed by atoms with E-state index in [9.17, 15) is 10.2 Å². The Morgan fingerprint density at radius 2 is 1.11 bits per heavy atom. The van der Waals surface area contributed by atoms with Crippen LogP contribution in [0.5, 0.6) is 0 Å². The number of aliphatic hydroxyl groups excluding tert-OH is 2. The average molecular weight is 435 g/mol. The van der Waals surface area contributed by atoms with Crippen LogP contribution in [-0.2, 0) is 9.47 Å². The zero-order valence-corrected chi connectivity index (χ0v) is 21.8. The lowest BCUT2D eigenvalue weighted by Gasteiger charge is -2.30. The van der Waals surface area contributed by atoms with Gasteiger partial charge in [-0.15, -0.1) is 0 Å². The second-order valence-corrected chi connectivity index (χ2v) is 20.4. The summed E-state index contributed by atoms with van der Waals surface area (Å²) >= 11 is 0. The Morgan fingerprint density at radius 3 is 1.46 bits per heavy atom. The van der Waals surface area contributed by atoms with E-state index in [-0.39, 0.29) is 13.2 Å². The Bertz CT molecular complexity index is 359. The third kappa shape index (κ3) is 9.85. The van der Waals surface area contributed by atoms with Crippen LogP contribution in [0.15, 0.2) is 0 Å². The Labute approximate surface area is 177 Å². The smallest absolute Gasteiger partial charge is 0.0632 e. The predicted molar refractivity (Wildman–Crippen MR) is 127 cm³/mol. The van der Waals surface area contributed by atoms with Crippen molar-refractivity contribution in [2.45, 2.75) is 96.3 Å². The van der Waals surface area contributed by atoms with E-state index in [1.165, 1.54) is 42.3 Å². The van der Waals surface area contributed by atoms with Gasteiger partial charge in [0.25, 0.3) is 0 Å². The molecule has 0 aromatic rings. The monoisotopic (exact) mass is 434 g/mol. The van der Waals surface area contributed by atoms with Crippen molar-refractivity contribution in [1.82, 2.24) is 0 Å². The molecule has 0 saturated heterocycles. The first-order chi connectivity index (χ1) is 13.3. The van der Waals surface area contributed by atoms with Crippen LogP contribution < -0.4 is 0 Å². The fourth-order valence-corrected chi connectivity index (χ4v) is 9.55. The Balaban J connectivity index is 4.24. The molecule has 0 spiro atoms. The van der Waals surface area contributed by atoms with E-state index in [1.807, 2.05) is 0 Å². The van der Waals surface area contributed by atoms with Crippen molar-refractivity contribution in [3.63, 3.8) is 0 Å². The molecule has 0 amide bonds. The fraction of sp³-hybridized carbons (Fsp3) is 1.00. The van der Waals surface area contributed by atoms with Gasteiger partial charge in [0.1, 0.15) is 0 Å². The van der Waals surface area contributed by atoms with Crippen LogP contribution in [0.4, 0.5) is 0 Å². The van der Waals surface area contributed by atoms with Gasteiger partial charge < -0.3 is 19.7 Å². The van der Waals surface area contributed by atoms with Crippen LogP contribution in [0.25, 0.3) is 0 Å². The lowest BCUT2D eigenvalue weighted by Crippen LogP contribution is -2.40. The van der Waals surface area contributed by atoms with Gasteiger partial charge in [-0.2, -0.15) is 0 Å². The molecule has 0 aliphatic heterocycles. The first kappa shape index (κ1) is 28.3. The third-order valence-electron chi connectivity index (χ3n) is 7.51. The molecule has 2 N–H and O–H groups in total. The van der Waals surface area contributed by atoms with E-state index in [0.29, 0.717) is 26.4 Å². The van der Waals surface area contributed by atoms with Gasteiger partial charge in [0.2, 0.25) is 0 Å². The van der Waals surface area contributed by atoms with E-state index in [4.69, 9.17) is 9.47 Å². The molecule has 0 heterocycles. The summed E-state index contributed by atoms with van der Waals surface area (Å²) < 4.78 is 11.7. The third-order valence-corrected chi connectivity index (χ3v) is 18.4. The summed E-state index contributed by atoms with van der Waals surface area (Å²) in [7, 11) is -2.15. The zero-order valence-electron chi connectivity index (χ0n) is 19.8. The second-order valence-electron chi connectivity index (χ2n) is 9.21. The molecule has 6 heteroatoms. The van der Waals surface area contributed by atoms with Crippen LogP contribution >= 0.6 is 0 Å². The summed E-state index contributed by atoms with van der Waals surface area (Å²) in [6.07, 6.45) is 2.17. The standard InChI is InChI=1S/C22H50O4Si2/c1-7-27(6,8-2)16-12-14-25-20-22(18-23,19-24)21-26-15-13-17-28(9-3,10-4)11-5/h23-24H,7-21H2,1-6H3. The molecular weight excluding hydrogens is 384 g/mol. The Kier molecular flexibility index (Phi) is 15.3. The molecule has 0 aliphatic carbocycles. The van der Waals surface area contributed by atoms with Crippen molar-refractivity contribution in [3.8, 4) is 0 Å². The molecule has 0 unspecified atom stereocenters. The van der Waals surface area contributed by atoms with Crippen LogP contribution in [0, 0.1) is 5.41 Å². The van der Waals surface area contributed by atoms with Gasteiger partial charge in [-0.25, -0.2) is 0 Å². The van der Waals surface area contributed by atoms with Crippen LogP contribution in [-0.4, -0.2) is 66.0 Å². The van der Waals surface area contributed by atoms with Crippen molar-refractivity contribution in [3.05, 3.63) is 0 Å². The van der Waals surface area contributed by atoms with Gasteiger partial charge in [0.05, 0.1) is 39.9 Å². The molecule has 0 aromatic carbocycles. The number of ether oxygens (including phenoxy) is 2. The maximum atomic E-state index is 9.83. The summed E-state index contributed by atoms with van der Waals surface area (Å²) in [6, 6.07) is 9.31. The molecule has 0 bridgehead atoms. The highest BCUT2D eigenvalue weighted by Gasteiger charge is 2.31. The summed E-state index contributed by atoms with van der Waals surface area (Å²) in [4.78, 5) is 0. The maximum absolute atomic E-state index is 9.83. The lowest BCUT2D eigenvalue weighted by atomic mass is 9.92. The molecular formula is C22H50O4Si2. The number of hydrogen-bond donors (Lipinski definition) is 2. The molecule has 0 radical (unpaired) electrons. The largest absolute Gasteiger partial charge is 0.396 e. The molecule has 170 valence electrons. The number of hydrogen-bond acceptors (Lipinski definition) is 4. The minimum absolute atomic E-state index is 0.0997. The molecule has 0 aromatic heterocycles. The van der Waals surface area contributed by atoms with E-state index in [1.54, 1.807) is 0 Å². The number of rotatable bonds is 19. The van der Waals surface area contributed by atoms with Gasteiger partial charge in [-0.1, -0.05) is 83.5 Å². The summed E-state index contributed by atoms with van der Waals surface area (Å²) in [5.41, 5.74) is -0.676. The van der Waals surface area contributed by atoms with Gasteiger partial charge in [-0.05, 0) is 12.8 Å². The van der Waals surface area contributed by atoms with Gasteiger partial charge >= 0.3 is 0 Å². The van der Waals surface area contributed by atoms with E-state index in [0.717, 1.165) is 12.8 Å². The van der Waals surface area contributed by atoms with Crippen LogP contribution in [0.1, 0.15) is 47.5 Å². The predicted octanol–water partition coefficient (Wildman–Crippen LogP) is 5.40. The molecule has 0 saturated carbocycles. The summed E-state index contributed by atoms with van der Waals surface area (Å²) in [5.74, 6) is 0. The Morgan fingerprint density at radius 1 is 0.679 bits per heavy atom. The quantitative estimate of drug-likeness (QED) is 0.211. The Hall–Kier alpha value is 0.274. The first-order valence-electron chi connectivity index (χ1n) is 11.7. The van der Waals surface area contributed by atoms with Crippen molar-refractivity contribution in [2.75, 3.05) is 39.6 Å². The summed E-state index contributed by atoms with van der Waals surface area (Å²) in [6.45, 7) is 16.1. The highest BCUT2D eigenvalue weighted by atomic mass is 28.3. The highest BCUT2D eigenvalue weighted by Crippen LogP contribution is 2.27. The zero-order chi connectivity index (χ0) is 21.5. The van der Waals surface area contributed by atoms with Crippen molar-refractivity contribution in [2.24, 2.45) is 5.41 Å². The van der Waals surface area contributed by atoms with Gasteiger partial charge in [-0.3, -0.25) is 0 Å². The van der Waals surface area contributed by atoms with E-state index in [2.05, 4.69) is 41.2 Å². The minimum Gasteiger partial charge on any atom is -0.396 e. The SMILES string of the molecule is CC[Si](C)(CC)CCCOCC(CO)(CO)COCCC[Si](CC)(CC)CC. The average Bonchev–Trinajstić information content (AvgIpc) is 2.75. The number of aliphatic hydroxyl groups is 2. The molecule has 4 nitrogen and oxygen atoms in total. The molecule has 0 aliphatic rings. The van der Waals surface area contributed by atoms with Crippen molar-refractivity contribution >= 4 is 16.1 Å². The molecule has 0 atom stereocenters. The highest BCUT2D eigenvalue weighted by molar-refractivity contribution is 6.79. The second kappa shape index (κ2) is 15.1. The van der Waals surface area contributed by atoms with Gasteiger partial charge in [0.15, 0.2) is 0 Å². The maximum Gasteiger partial charge on any atom is 0.0632 e. The topological polar surface area (TPSA) is 58.9 Å². The first-order valence-corrected chi connectivity index (χ1v) is 17.7. The van der Waals surface area contributed by atoms with Crippen molar-refractivity contribution in [1.29, 1.82) is 0 Å². The molecule has 0 rings (SSSR count). The van der Waals surface area contributed by atoms with E-state index >= 15 is 0 Å². The molecule has 28 heavy (non-hydrogen) atoms. The molecule has 0 fully saturated rings. The van der Waals surface area contributed by atoms with Crippen LogP contribution in [0.3, 0.4) is 0 Å². The van der Waals surface area contributed by atoms with E-state index < -0.39 is 21.6 Å². The van der Waals surface area contributed by atoms with Crippen molar-refractivity contribution < 1.29 is 19.7 Å². The normalized spacial score (nSPS) is 13.3. The summed E-state index contributed by atoms with van der Waals surface area (Å²) in [5, 5.41) is 19.7. The van der Waals surface area contributed by atoms with Gasteiger partial charge in [0, 0.05) is 21.3 Å². The minimum atomic E-state index is -1.08. The lowest BCUT2D eigenvalue weighted by molar-refractivity contribution is -0.0767. The van der Waals surface area contributed by atoms with Crippen LogP contribution in [0.2, 0.25) is 48.9 Å². The fourth-order valence-electron chi connectivity index (χ4n) is 3.89.